The molecule has 120 valence electrons. The normalized spacial score (nSPS) is 16.3. The minimum Gasteiger partial charge on any atom is -0.379 e. The van der Waals surface area contributed by atoms with Crippen molar-refractivity contribution in [1.29, 1.82) is 0 Å². The summed E-state index contributed by atoms with van der Waals surface area (Å²) >= 11 is 0. The molecule has 4 rings (SSSR count). The fraction of sp³-hybridized carbons (Fsp3) is 0.500. The lowest BCUT2D eigenvalue weighted by molar-refractivity contribution is 0.0369. The third-order valence-electron chi connectivity index (χ3n) is 4.09. The predicted molar refractivity (Wildman–Crippen MR) is 82.2 cm³/mol. The quantitative estimate of drug-likeness (QED) is 0.644. The lowest BCUT2D eigenvalue weighted by Crippen LogP contribution is -2.37. The van der Waals surface area contributed by atoms with Crippen LogP contribution < -0.4 is 5.56 Å². The fourth-order valence-corrected chi connectivity index (χ4v) is 2.85. The van der Waals surface area contributed by atoms with E-state index in [2.05, 4.69) is 25.2 Å². The van der Waals surface area contributed by atoms with E-state index in [1.54, 1.807) is 10.8 Å². The Hall–Kier alpha value is -2.39. The van der Waals surface area contributed by atoms with Gasteiger partial charge in [0.15, 0.2) is 5.52 Å². The highest BCUT2D eigenvalue weighted by molar-refractivity contribution is 5.74. The highest BCUT2D eigenvalue weighted by atomic mass is 16.5. The van der Waals surface area contributed by atoms with Crippen molar-refractivity contribution in [2.45, 2.75) is 13.0 Å². The van der Waals surface area contributed by atoms with Crippen LogP contribution in [-0.4, -0.2) is 67.1 Å². The van der Waals surface area contributed by atoms with Gasteiger partial charge in [0.25, 0.3) is 11.3 Å². The standard InChI is InChI=1S/C14H17N7O2/c22-13-12-11(21-14(18-17-12)15-10-16-21)2-5-20(13)4-1-3-19-6-8-23-9-7-19/h2,5,10H,1,3-4,6-9H2. The number of rotatable bonds is 4. The molecule has 9 nitrogen and oxygen atoms in total. The van der Waals surface area contributed by atoms with Gasteiger partial charge in [0, 0.05) is 32.4 Å². The van der Waals surface area contributed by atoms with Crippen LogP contribution in [-0.2, 0) is 11.3 Å². The average molecular weight is 315 g/mol. The van der Waals surface area contributed by atoms with E-state index in [-0.39, 0.29) is 5.56 Å². The van der Waals surface area contributed by atoms with E-state index >= 15 is 0 Å². The summed E-state index contributed by atoms with van der Waals surface area (Å²) in [7, 11) is 0. The van der Waals surface area contributed by atoms with Gasteiger partial charge in [-0.2, -0.15) is 14.6 Å². The van der Waals surface area contributed by atoms with Crippen LogP contribution in [0, 0.1) is 0 Å². The first-order valence-corrected chi connectivity index (χ1v) is 7.68. The number of hydrogen-bond acceptors (Lipinski definition) is 7. The van der Waals surface area contributed by atoms with Crippen molar-refractivity contribution < 1.29 is 4.74 Å². The summed E-state index contributed by atoms with van der Waals surface area (Å²) in [4.78, 5) is 18.9. The SMILES string of the molecule is O=c1c2nnc3ncnn3c2ccn1CCCN1CCOCC1. The van der Waals surface area contributed by atoms with Gasteiger partial charge < -0.3 is 9.30 Å². The number of aromatic nitrogens is 6. The second kappa shape index (κ2) is 6.01. The van der Waals surface area contributed by atoms with E-state index in [4.69, 9.17) is 4.74 Å². The number of ether oxygens (including phenoxy) is 1. The molecule has 0 N–H and O–H groups in total. The van der Waals surface area contributed by atoms with Gasteiger partial charge >= 0.3 is 0 Å². The topological polar surface area (TPSA) is 90.4 Å². The van der Waals surface area contributed by atoms with E-state index in [0.29, 0.717) is 23.4 Å². The summed E-state index contributed by atoms with van der Waals surface area (Å²) in [6.07, 6.45) is 4.09. The Bertz CT molecular complexity index is 882. The molecule has 1 saturated heterocycles. The molecule has 4 heterocycles. The van der Waals surface area contributed by atoms with Crippen LogP contribution in [0.4, 0.5) is 0 Å². The van der Waals surface area contributed by atoms with Crippen molar-refractivity contribution in [3.05, 3.63) is 28.9 Å². The molecule has 0 saturated carbocycles. The second-order valence-electron chi connectivity index (χ2n) is 5.53. The van der Waals surface area contributed by atoms with E-state index in [1.165, 1.54) is 10.8 Å². The van der Waals surface area contributed by atoms with E-state index < -0.39 is 0 Å². The van der Waals surface area contributed by atoms with Gasteiger partial charge in [-0.1, -0.05) is 0 Å². The summed E-state index contributed by atoms with van der Waals surface area (Å²) in [5.74, 6) is 0.391. The molecule has 0 aliphatic carbocycles. The predicted octanol–water partition coefficient (Wildman–Crippen LogP) is -0.443. The third kappa shape index (κ3) is 2.68. The molecule has 23 heavy (non-hydrogen) atoms. The van der Waals surface area contributed by atoms with Crippen LogP contribution in [0.2, 0.25) is 0 Å². The van der Waals surface area contributed by atoms with Crippen LogP contribution in [0.15, 0.2) is 23.4 Å². The van der Waals surface area contributed by atoms with Gasteiger partial charge in [0.05, 0.1) is 13.2 Å². The molecule has 0 bridgehead atoms. The summed E-state index contributed by atoms with van der Waals surface area (Å²) in [6.45, 7) is 5.12. The maximum Gasteiger partial charge on any atom is 0.280 e. The largest absolute Gasteiger partial charge is 0.379 e. The highest BCUT2D eigenvalue weighted by Crippen LogP contribution is 2.07. The highest BCUT2D eigenvalue weighted by Gasteiger charge is 2.12. The number of hydrogen-bond donors (Lipinski definition) is 0. The second-order valence-corrected chi connectivity index (χ2v) is 5.53. The number of nitrogens with zero attached hydrogens (tertiary/aromatic N) is 7. The fourth-order valence-electron chi connectivity index (χ4n) is 2.85. The van der Waals surface area contributed by atoms with Crippen molar-refractivity contribution in [1.82, 2.24) is 34.3 Å². The van der Waals surface area contributed by atoms with Gasteiger partial charge in [-0.3, -0.25) is 9.69 Å². The first-order chi connectivity index (χ1) is 11.3. The Morgan fingerprint density at radius 2 is 2.04 bits per heavy atom. The molecule has 3 aromatic heterocycles. The summed E-state index contributed by atoms with van der Waals surface area (Å²) in [5.41, 5.74) is 0.799. The van der Waals surface area contributed by atoms with E-state index in [9.17, 15) is 4.79 Å². The zero-order valence-corrected chi connectivity index (χ0v) is 12.6. The lowest BCUT2D eigenvalue weighted by Gasteiger charge is -2.26. The zero-order valence-electron chi connectivity index (χ0n) is 12.6. The molecule has 0 aromatic carbocycles. The van der Waals surface area contributed by atoms with Crippen molar-refractivity contribution in [2.24, 2.45) is 0 Å². The number of fused-ring (bicyclic) bond motifs is 3. The first-order valence-electron chi connectivity index (χ1n) is 7.68. The molecule has 0 amide bonds. The number of morpholine rings is 1. The first kappa shape index (κ1) is 14.2. The molecule has 0 radical (unpaired) electrons. The van der Waals surface area contributed by atoms with Crippen molar-refractivity contribution >= 4 is 16.8 Å². The summed E-state index contributed by atoms with van der Waals surface area (Å²) < 4.78 is 8.55. The van der Waals surface area contributed by atoms with Crippen molar-refractivity contribution in [2.75, 3.05) is 32.8 Å². The van der Waals surface area contributed by atoms with Gasteiger partial charge in [-0.15, -0.1) is 10.2 Å². The number of aryl methyl sites for hydroxylation is 1. The summed E-state index contributed by atoms with van der Waals surface area (Å²) in [5, 5.41) is 12.0. The third-order valence-corrected chi connectivity index (χ3v) is 4.09. The van der Waals surface area contributed by atoms with Gasteiger partial charge in [-0.25, -0.2) is 0 Å². The molecular weight excluding hydrogens is 298 g/mol. The van der Waals surface area contributed by atoms with Gasteiger partial charge in [0.1, 0.15) is 11.8 Å². The molecule has 9 heteroatoms. The lowest BCUT2D eigenvalue weighted by atomic mass is 10.3. The Labute approximate surface area is 131 Å². The molecule has 1 fully saturated rings. The molecule has 3 aromatic rings. The maximum absolute atomic E-state index is 12.5. The molecular formula is C14H17N7O2. The maximum atomic E-state index is 12.5. The van der Waals surface area contributed by atoms with Crippen LogP contribution in [0.1, 0.15) is 6.42 Å². The van der Waals surface area contributed by atoms with Gasteiger partial charge in [-0.05, 0) is 12.5 Å². The average Bonchev–Trinajstić information content (AvgIpc) is 3.07. The molecule has 1 aliphatic heterocycles. The molecule has 0 unspecified atom stereocenters. The summed E-state index contributed by atoms with van der Waals surface area (Å²) in [6, 6.07) is 1.84. The van der Waals surface area contributed by atoms with Crippen molar-refractivity contribution in [3.63, 3.8) is 0 Å². The Morgan fingerprint density at radius 3 is 2.91 bits per heavy atom. The van der Waals surface area contributed by atoms with Gasteiger partial charge in [0.2, 0.25) is 0 Å². The minimum atomic E-state index is -0.144. The Balaban J connectivity index is 1.54. The smallest absolute Gasteiger partial charge is 0.280 e. The van der Waals surface area contributed by atoms with Crippen LogP contribution in [0.3, 0.4) is 0 Å². The minimum absolute atomic E-state index is 0.144. The van der Waals surface area contributed by atoms with Crippen molar-refractivity contribution in [3.8, 4) is 0 Å². The molecule has 1 aliphatic rings. The Morgan fingerprint density at radius 1 is 1.17 bits per heavy atom. The monoisotopic (exact) mass is 315 g/mol. The van der Waals surface area contributed by atoms with Crippen LogP contribution >= 0.6 is 0 Å². The molecule has 0 spiro atoms. The Kier molecular flexibility index (Phi) is 3.72. The molecule has 0 atom stereocenters. The zero-order chi connectivity index (χ0) is 15.6. The van der Waals surface area contributed by atoms with Crippen LogP contribution in [0.25, 0.3) is 16.8 Å². The van der Waals surface area contributed by atoms with E-state index in [1.807, 2.05) is 6.07 Å². The van der Waals surface area contributed by atoms with E-state index in [0.717, 1.165) is 39.3 Å². The van der Waals surface area contributed by atoms with Crippen LogP contribution in [0.5, 0.6) is 0 Å². The number of pyridine rings is 1.